The van der Waals surface area contributed by atoms with Gasteiger partial charge < -0.3 is 10.1 Å². The largest absolute Gasteiger partial charge is 0.382 e. The van der Waals surface area contributed by atoms with Crippen molar-refractivity contribution < 1.29 is 4.74 Å². The molecule has 0 aliphatic carbocycles. The molecular formula is C17H28ClNO. The molecule has 2 nitrogen and oxygen atoms in total. The standard InChI is InChI=1S/C17H28ClNO/c1-4-20-10-6-8-16(13-19-14(2)3)11-15-7-5-9-17(18)12-15/h5,7,9,12,14,16,19H,4,6,8,10-11,13H2,1-3H3. The summed E-state index contributed by atoms with van der Waals surface area (Å²) in [7, 11) is 0. The molecule has 0 saturated heterocycles. The second-order valence-corrected chi connectivity index (χ2v) is 6.04. The molecule has 0 radical (unpaired) electrons. The first-order valence-electron chi connectivity index (χ1n) is 7.67. The van der Waals surface area contributed by atoms with Gasteiger partial charge in [0, 0.05) is 24.3 Å². The fourth-order valence-corrected chi connectivity index (χ4v) is 2.51. The lowest BCUT2D eigenvalue weighted by Crippen LogP contribution is -2.30. The Kier molecular flexibility index (Phi) is 8.92. The van der Waals surface area contributed by atoms with Crippen LogP contribution in [0.15, 0.2) is 24.3 Å². The number of nitrogens with one attached hydrogen (secondary N) is 1. The molecule has 1 unspecified atom stereocenters. The zero-order valence-corrected chi connectivity index (χ0v) is 13.7. The summed E-state index contributed by atoms with van der Waals surface area (Å²) in [5.74, 6) is 0.635. The first-order valence-corrected chi connectivity index (χ1v) is 8.05. The quantitative estimate of drug-likeness (QED) is 0.650. The molecule has 0 spiro atoms. The molecule has 0 fully saturated rings. The van der Waals surface area contributed by atoms with Crippen molar-refractivity contribution in [3.63, 3.8) is 0 Å². The summed E-state index contributed by atoms with van der Waals surface area (Å²) in [6.45, 7) is 9.15. The fourth-order valence-electron chi connectivity index (χ4n) is 2.29. The molecule has 20 heavy (non-hydrogen) atoms. The number of hydrogen-bond donors (Lipinski definition) is 1. The van der Waals surface area contributed by atoms with E-state index in [0.29, 0.717) is 12.0 Å². The second kappa shape index (κ2) is 10.2. The molecule has 114 valence electrons. The van der Waals surface area contributed by atoms with Crippen LogP contribution in [0, 0.1) is 5.92 Å². The van der Waals surface area contributed by atoms with Crippen molar-refractivity contribution in [3.05, 3.63) is 34.9 Å². The predicted octanol–water partition coefficient (Wildman–Crippen LogP) is 4.31. The van der Waals surface area contributed by atoms with Crippen molar-refractivity contribution in [2.24, 2.45) is 5.92 Å². The maximum Gasteiger partial charge on any atom is 0.0466 e. The molecule has 0 aromatic heterocycles. The van der Waals surface area contributed by atoms with E-state index in [1.807, 2.05) is 19.1 Å². The van der Waals surface area contributed by atoms with Crippen LogP contribution in [0.25, 0.3) is 0 Å². The van der Waals surface area contributed by atoms with E-state index in [1.165, 1.54) is 12.0 Å². The van der Waals surface area contributed by atoms with Gasteiger partial charge in [0.15, 0.2) is 0 Å². The summed E-state index contributed by atoms with van der Waals surface area (Å²) in [5.41, 5.74) is 1.32. The molecule has 1 aromatic rings. The molecule has 1 rings (SSSR count). The van der Waals surface area contributed by atoms with Crippen LogP contribution in [0.3, 0.4) is 0 Å². The van der Waals surface area contributed by atoms with E-state index >= 15 is 0 Å². The van der Waals surface area contributed by atoms with Crippen LogP contribution in [0.2, 0.25) is 5.02 Å². The van der Waals surface area contributed by atoms with Gasteiger partial charge in [0.25, 0.3) is 0 Å². The van der Waals surface area contributed by atoms with Crippen LogP contribution in [0.4, 0.5) is 0 Å². The summed E-state index contributed by atoms with van der Waals surface area (Å²) < 4.78 is 5.44. The molecule has 0 bridgehead atoms. The Hall–Kier alpha value is -0.570. The highest BCUT2D eigenvalue weighted by atomic mass is 35.5. The van der Waals surface area contributed by atoms with Gasteiger partial charge in [-0.2, -0.15) is 0 Å². The van der Waals surface area contributed by atoms with Gasteiger partial charge in [-0.25, -0.2) is 0 Å². The third-order valence-electron chi connectivity index (χ3n) is 3.33. The van der Waals surface area contributed by atoms with E-state index in [1.54, 1.807) is 0 Å². The highest BCUT2D eigenvalue weighted by molar-refractivity contribution is 6.30. The van der Waals surface area contributed by atoms with Gasteiger partial charge in [-0.15, -0.1) is 0 Å². The Morgan fingerprint density at radius 1 is 1.30 bits per heavy atom. The monoisotopic (exact) mass is 297 g/mol. The maximum atomic E-state index is 6.07. The van der Waals surface area contributed by atoms with Crippen LogP contribution >= 0.6 is 11.6 Å². The van der Waals surface area contributed by atoms with Crippen molar-refractivity contribution in [2.75, 3.05) is 19.8 Å². The molecule has 1 N–H and O–H groups in total. The van der Waals surface area contributed by atoms with E-state index in [0.717, 1.165) is 37.6 Å². The van der Waals surface area contributed by atoms with E-state index in [4.69, 9.17) is 16.3 Å². The third kappa shape index (κ3) is 7.88. The van der Waals surface area contributed by atoms with Crippen molar-refractivity contribution in [2.45, 2.75) is 46.1 Å². The molecule has 0 heterocycles. The second-order valence-electron chi connectivity index (χ2n) is 5.60. The van der Waals surface area contributed by atoms with Crippen molar-refractivity contribution in [1.29, 1.82) is 0 Å². The van der Waals surface area contributed by atoms with Gasteiger partial charge in [0.2, 0.25) is 0 Å². The minimum absolute atomic E-state index is 0.531. The minimum atomic E-state index is 0.531. The van der Waals surface area contributed by atoms with Crippen LogP contribution in [-0.2, 0) is 11.2 Å². The van der Waals surface area contributed by atoms with Crippen molar-refractivity contribution in [3.8, 4) is 0 Å². The summed E-state index contributed by atoms with van der Waals surface area (Å²) in [6.07, 6.45) is 3.39. The zero-order valence-electron chi connectivity index (χ0n) is 13.0. The molecular weight excluding hydrogens is 270 g/mol. The Balaban J connectivity index is 2.47. The van der Waals surface area contributed by atoms with Crippen LogP contribution in [0.5, 0.6) is 0 Å². The third-order valence-corrected chi connectivity index (χ3v) is 3.57. The lowest BCUT2D eigenvalue weighted by Gasteiger charge is -2.19. The lowest BCUT2D eigenvalue weighted by atomic mass is 9.94. The summed E-state index contributed by atoms with van der Waals surface area (Å²) in [4.78, 5) is 0. The predicted molar refractivity (Wildman–Crippen MR) is 87.5 cm³/mol. The van der Waals surface area contributed by atoms with Gasteiger partial charge in [-0.1, -0.05) is 37.6 Å². The van der Waals surface area contributed by atoms with Gasteiger partial charge in [0.05, 0.1) is 0 Å². The highest BCUT2D eigenvalue weighted by Gasteiger charge is 2.10. The topological polar surface area (TPSA) is 21.3 Å². The first kappa shape index (κ1) is 17.5. The van der Waals surface area contributed by atoms with Gasteiger partial charge >= 0.3 is 0 Å². The summed E-state index contributed by atoms with van der Waals surface area (Å²) >= 11 is 6.07. The smallest absolute Gasteiger partial charge is 0.0466 e. The van der Waals surface area contributed by atoms with E-state index in [9.17, 15) is 0 Å². The molecule has 3 heteroatoms. The number of ether oxygens (including phenoxy) is 1. The molecule has 0 saturated carbocycles. The highest BCUT2D eigenvalue weighted by Crippen LogP contribution is 2.17. The van der Waals surface area contributed by atoms with Crippen LogP contribution in [0.1, 0.15) is 39.2 Å². The molecule has 0 aliphatic rings. The summed E-state index contributed by atoms with van der Waals surface area (Å²) in [6, 6.07) is 8.74. The van der Waals surface area contributed by atoms with Crippen molar-refractivity contribution in [1.82, 2.24) is 5.32 Å². The Labute approximate surface area is 128 Å². The average molecular weight is 298 g/mol. The van der Waals surface area contributed by atoms with Gasteiger partial charge in [-0.3, -0.25) is 0 Å². The van der Waals surface area contributed by atoms with Gasteiger partial charge in [0.1, 0.15) is 0 Å². The number of benzene rings is 1. The minimum Gasteiger partial charge on any atom is -0.382 e. The molecule has 0 amide bonds. The van der Waals surface area contributed by atoms with Crippen LogP contribution < -0.4 is 5.32 Å². The molecule has 0 aliphatic heterocycles. The summed E-state index contributed by atoms with van der Waals surface area (Å²) in [5, 5.41) is 4.37. The fraction of sp³-hybridized carbons (Fsp3) is 0.647. The van der Waals surface area contributed by atoms with Crippen LogP contribution in [-0.4, -0.2) is 25.8 Å². The maximum absolute atomic E-state index is 6.07. The number of halogens is 1. The van der Waals surface area contributed by atoms with Gasteiger partial charge in [-0.05, 0) is 56.3 Å². The zero-order chi connectivity index (χ0) is 14.8. The van der Waals surface area contributed by atoms with E-state index in [2.05, 4.69) is 31.3 Å². The Morgan fingerprint density at radius 3 is 2.75 bits per heavy atom. The number of rotatable bonds is 10. The average Bonchev–Trinajstić information content (AvgIpc) is 2.40. The first-order chi connectivity index (χ1) is 9.61. The van der Waals surface area contributed by atoms with E-state index < -0.39 is 0 Å². The Morgan fingerprint density at radius 2 is 2.10 bits per heavy atom. The normalized spacial score (nSPS) is 12.8. The SMILES string of the molecule is CCOCCCC(CNC(C)C)Cc1cccc(Cl)c1. The van der Waals surface area contributed by atoms with Crippen molar-refractivity contribution >= 4 is 11.6 Å². The Bertz CT molecular complexity index is 368. The van der Waals surface area contributed by atoms with E-state index in [-0.39, 0.29) is 0 Å². The number of hydrogen-bond acceptors (Lipinski definition) is 2. The molecule has 1 aromatic carbocycles. The molecule has 1 atom stereocenters. The lowest BCUT2D eigenvalue weighted by molar-refractivity contribution is 0.139.